The first-order valence-corrected chi connectivity index (χ1v) is 4.96. The Morgan fingerprint density at radius 3 is 2.94 bits per heavy atom. The quantitative estimate of drug-likeness (QED) is 0.641. The Balaban J connectivity index is 2.35. The maximum atomic E-state index is 12.9. The number of urea groups is 1. The van der Waals surface area contributed by atoms with Crippen LogP contribution < -0.4 is 16.4 Å². The molecular weight excluding hydrogens is 211 g/mol. The maximum Gasteiger partial charge on any atom is 0.312 e. The zero-order valence-corrected chi connectivity index (χ0v) is 9.03. The zero-order valence-electron chi connectivity index (χ0n) is 9.03. The van der Waals surface area contributed by atoms with E-state index in [1.165, 1.54) is 6.07 Å². The highest BCUT2D eigenvalue weighted by atomic mass is 19.1. The Bertz CT molecular complexity index is 358. The monoisotopic (exact) mass is 226 g/mol. The van der Waals surface area contributed by atoms with E-state index in [-0.39, 0.29) is 11.9 Å². The van der Waals surface area contributed by atoms with E-state index in [0.29, 0.717) is 13.1 Å². The van der Waals surface area contributed by atoms with Crippen LogP contribution in [0.3, 0.4) is 0 Å². The number of nitrogens with zero attached hydrogens (tertiary/aromatic N) is 1. The van der Waals surface area contributed by atoms with Crippen molar-refractivity contribution in [3.05, 3.63) is 29.8 Å². The lowest BCUT2D eigenvalue weighted by Gasteiger charge is -2.13. The molecule has 0 aliphatic heterocycles. The van der Waals surface area contributed by atoms with Crippen molar-refractivity contribution in [2.75, 3.05) is 13.1 Å². The Morgan fingerprint density at radius 2 is 2.31 bits per heavy atom. The number of aromatic nitrogens is 1. The maximum absolute atomic E-state index is 12.9. The number of rotatable bonds is 5. The number of halogens is 1. The van der Waals surface area contributed by atoms with Crippen LogP contribution in [-0.4, -0.2) is 24.1 Å². The topological polar surface area (TPSA) is 80.0 Å². The third-order valence-corrected chi connectivity index (χ3v) is 2.10. The summed E-state index contributed by atoms with van der Waals surface area (Å²) in [7, 11) is 0. The molecule has 4 N–H and O–H groups in total. The highest BCUT2D eigenvalue weighted by molar-refractivity contribution is 5.71. The molecule has 5 nitrogen and oxygen atoms in total. The van der Waals surface area contributed by atoms with E-state index in [2.05, 4.69) is 15.6 Å². The summed E-state index contributed by atoms with van der Waals surface area (Å²) in [4.78, 5) is 14.1. The average Bonchev–Trinajstić information content (AvgIpc) is 2.24. The molecule has 1 rings (SSSR count). The van der Waals surface area contributed by atoms with Gasteiger partial charge in [0, 0.05) is 25.3 Å². The Hall–Kier alpha value is -1.69. The van der Waals surface area contributed by atoms with Crippen molar-refractivity contribution in [2.24, 2.45) is 5.73 Å². The molecule has 0 bridgehead atoms. The van der Waals surface area contributed by atoms with Crippen LogP contribution in [0.15, 0.2) is 18.5 Å². The molecule has 0 aliphatic rings. The summed E-state index contributed by atoms with van der Waals surface area (Å²) in [5, 5.41) is 5.55. The fraction of sp³-hybridized carbons (Fsp3) is 0.400. The van der Waals surface area contributed by atoms with Crippen molar-refractivity contribution in [3.63, 3.8) is 0 Å². The van der Waals surface area contributed by atoms with Crippen molar-refractivity contribution in [3.8, 4) is 0 Å². The van der Waals surface area contributed by atoms with Crippen molar-refractivity contribution in [1.29, 1.82) is 0 Å². The van der Waals surface area contributed by atoms with Crippen molar-refractivity contribution in [2.45, 2.75) is 13.0 Å². The van der Waals surface area contributed by atoms with Crippen molar-refractivity contribution < 1.29 is 9.18 Å². The lowest BCUT2D eigenvalue weighted by Crippen LogP contribution is -2.36. The normalized spacial score (nSPS) is 12.1. The number of amides is 2. The van der Waals surface area contributed by atoms with E-state index in [0.717, 1.165) is 11.8 Å². The van der Waals surface area contributed by atoms with Crippen LogP contribution >= 0.6 is 0 Å². The van der Waals surface area contributed by atoms with E-state index < -0.39 is 6.03 Å². The summed E-state index contributed by atoms with van der Waals surface area (Å²) in [6, 6.07) is 0.839. The summed E-state index contributed by atoms with van der Waals surface area (Å²) >= 11 is 0. The molecule has 0 radical (unpaired) electrons. The first kappa shape index (κ1) is 12.4. The van der Waals surface area contributed by atoms with Gasteiger partial charge in [-0.3, -0.25) is 4.98 Å². The van der Waals surface area contributed by atoms with Gasteiger partial charge in [-0.2, -0.15) is 0 Å². The van der Waals surface area contributed by atoms with Gasteiger partial charge in [0.05, 0.1) is 6.20 Å². The molecule has 0 saturated heterocycles. The minimum absolute atomic E-state index is 0.0297. The summed E-state index contributed by atoms with van der Waals surface area (Å²) in [5.74, 6) is -0.360. The van der Waals surface area contributed by atoms with E-state index in [1.54, 1.807) is 6.20 Å². The summed E-state index contributed by atoms with van der Waals surface area (Å²) in [5.41, 5.74) is 5.67. The number of hydrogen-bond donors (Lipinski definition) is 3. The van der Waals surface area contributed by atoms with Crippen LogP contribution in [0, 0.1) is 5.82 Å². The van der Waals surface area contributed by atoms with Crippen LogP contribution in [0.5, 0.6) is 0 Å². The molecule has 1 atom stereocenters. The summed E-state index contributed by atoms with van der Waals surface area (Å²) in [6.07, 6.45) is 2.76. The Morgan fingerprint density at radius 1 is 1.56 bits per heavy atom. The first-order chi connectivity index (χ1) is 7.59. The number of pyridine rings is 1. The molecule has 0 aromatic carbocycles. The average molecular weight is 226 g/mol. The number of nitrogens with one attached hydrogen (secondary N) is 2. The fourth-order valence-electron chi connectivity index (χ4n) is 1.26. The number of carbonyl (C=O) groups is 1. The standard InChI is InChI=1S/C10H15FN4O/c1-7(14-2-3-15-10(12)16)8-4-9(11)6-13-5-8/h4-7,14H,2-3H2,1H3,(H3,12,15,16). The predicted octanol–water partition coefficient (Wildman–Crippen LogP) is 0.540. The van der Waals surface area contributed by atoms with Crippen molar-refractivity contribution >= 4 is 6.03 Å². The van der Waals surface area contributed by atoms with Gasteiger partial charge in [-0.25, -0.2) is 9.18 Å². The molecule has 0 spiro atoms. The Kier molecular flexibility index (Phi) is 4.65. The van der Waals surface area contributed by atoms with E-state index in [1.807, 2.05) is 6.92 Å². The molecule has 0 fully saturated rings. The van der Waals surface area contributed by atoms with E-state index >= 15 is 0 Å². The number of primary amides is 1. The van der Waals surface area contributed by atoms with Crippen LogP contribution in [0.1, 0.15) is 18.5 Å². The minimum Gasteiger partial charge on any atom is -0.352 e. The van der Waals surface area contributed by atoms with Crippen LogP contribution in [-0.2, 0) is 0 Å². The number of hydrogen-bond acceptors (Lipinski definition) is 3. The van der Waals surface area contributed by atoms with Gasteiger partial charge in [0.1, 0.15) is 5.82 Å². The smallest absolute Gasteiger partial charge is 0.312 e. The van der Waals surface area contributed by atoms with Gasteiger partial charge in [0.15, 0.2) is 0 Å². The number of nitrogens with two attached hydrogens (primary N) is 1. The molecule has 1 heterocycles. The van der Waals surface area contributed by atoms with Gasteiger partial charge < -0.3 is 16.4 Å². The molecule has 0 saturated carbocycles. The molecule has 88 valence electrons. The molecule has 1 unspecified atom stereocenters. The largest absolute Gasteiger partial charge is 0.352 e. The van der Waals surface area contributed by atoms with Gasteiger partial charge in [-0.1, -0.05) is 0 Å². The first-order valence-electron chi connectivity index (χ1n) is 4.96. The van der Waals surface area contributed by atoms with Gasteiger partial charge in [0.2, 0.25) is 0 Å². The lowest BCUT2D eigenvalue weighted by atomic mass is 10.1. The van der Waals surface area contributed by atoms with Crippen LogP contribution in [0.4, 0.5) is 9.18 Å². The second kappa shape index (κ2) is 6.02. The molecule has 1 aromatic heterocycles. The highest BCUT2D eigenvalue weighted by Gasteiger charge is 2.05. The molecule has 6 heteroatoms. The number of carbonyl (C=O) groups excluding carboxylic acids is 1. The molecule has 1 aromatic rings. The summed E-state index contributed by atoms with van der Waals surface area (Å²) < 4.78 is 12.9. The Labute approximate surface area is 93.2 Å². The highest BCUT2D eigenvalue weighted by Crippen LogP contribution is 2.10. The molecular formula is C10H15FN4O. The van der Waals surface area contributed by atoms with E-state index in [4.69, 9.17) is 5.73 Å². The second-order valence-electron chi connectivity index (χ2n) is 3.40. The summed E-state index contributed by atoms with van der Waals surface area (Å²) in [6.45, 7) is 2.88. The van der Waals surface area contributed by atoms with Crippen LogP contribution in [0.25, 0.3) is 0 Å². The fourth-order valence-corrected chi connectivity index (χ4v) is 1.26. The predicted molar refractivity (Wildman–Crippen MR) is 58.2 cm³/mol. The van der Waals surface area contributed by atoms with Gasteiger partial charge >= 0.3 is 6.03 Å². The van der Waals surface area contributed by atoms with Crippen LogP contribution in [0.2, 0.25) is 0 Å². The van der Waals surface area contributed by atoms with Gasteiger partial charge in [0.25, 0.3) is 0 Å². The SMILES string of the molecule is CC(NCCNC(N)=O)c1cncc(F)c1. The third kappa shape index (κ3) is 4.22. The van der Waals surface area contributed by atoms with Gasteiger partial charge in [-0.05, 0) is 18.6 Å². The van der Waals surface area contributed by atoms with Crippen molar-refractivity contribution in [1.82, 2.24) is 15.6 Å². The van der Waals surface area contributed by atoms with Gasteiger partial charge in [-0.15, -0.1) is 0 Å². The second-order valence-corrected chi connectivity index (χ2v) is 3.40. The molecule has 2 amide bonds. The van der Waals surface area contributed by atoms with E-state index in [9.17, 15) is 9.18 Å². The molecule has 16 heavy (non-hydrogen) atoms. The molecule has 0 aliphatic carbocycles. The zero-order chi connectivity index (χ0) is 12.0. The minimum atomic E-state index is -0.554. The lowest BCUT2D eigenvalue weighted by molar-refractivity contribution is 0.249. The third-order valence-electron chi connectivity index (χ3n) is 2.10.